The molecule has 0 aliphatic rings. The first-order chi connectivity index (χ1) is 8.81. The number of aromatic nitrogens is 2. The van der Waals surface area contributed by atoms with Gasteiger partial charge in [0.05, 0.1) is 12.8 Å². The fourth-order valence-electron chi connectivity index (χ4n) is 1.76. The van der Waals surface area contributed by atoms with Gasteiger partial charge in [-0.05, 0) is 25.8 Å². The normalized spacial score (nSPS) is 12.4. The van der Waals surface area contributed by atoms with E-state index in [1.807, 2.05) is 6.07 Å². The fraction of sp³-hybridized carbons (Fsp3) is 0.692. The van der Waals surface area contributed by atoms with E-state index in [-0.39, 0.29) is 6.04 Å². The average molecular weight is 253 g/mol. The first-order valence-corrected chi connectivity index (χ1v) is 6.40. The van der Waals surface area contributed by atoms with Gasteiger partial charge < -0.3 is 14.8 Å². The average Bonchev–Trinajstić information content (AvgIpc) is 2.42. The summed E-state index contributed by atoms with van der Waals surface area (Å²) in [6, 6.07) is 2.12. The summed E-state index contributed by atoms with van der Waals surface area (Å²) < 4.78 is 10.2. The molecule has 0 aromatic carbocycles. The molecule has 1 N–H and O–H groups in total. The van der Waals surface area contributed by atoms with Gasteiger partial charge >= 0.3 is 0 Å². The van der Waals surface area contributed by atoms with E-state index in [0.717, 1.165) is 38.1 Å². The quantitative estimate of drug-likeness (QED) is 0.682. The van der Waals surface area contributed by atoms with E-state index < -0.39 is 0 Å². The molecule has 1 rings (SSSR count). The lowest BCUT2D eigenvalue weighted by Gasteiger charge is -2.18. The molecule has 0 bridgehead atoms. The highest BCUT2D eigenvalue weighted by Gasteiger charge is 2.13. The Bertz CT molecular complexity index is 334. The van der Waals surface area contributed by atoms with Crippen LogP contribution in [0.15, 0.2) is 12.4 Å². The summed E-state index contributed by atoms with van der Waals surface area (Å²) in [4.78, 5) is 8.36. The molecule has 1 aromatic heterocycles. The summed E-state index contributed by atoms with van der Waals surface area (Å²) in [6.07, 6.45) is 4.65. The van der Waals surface area contributed by atoms with Crippen LogP contribution >= 0.6 is 0 Å². The van der Waals surface area contributed by atoms with Crippen molar-refractivity contribution in [3.63, 3.8) is 0 Å². The topological polar surface area (TPSA) is 56.3 Å². The predicted molar refractivity (Wildman–Crippen MR) is 70.7 cm³/mol. The molecule has 5 heteroatoms. The minimum atomic E-state index is 0.233. The van der Waals surface area contributed by atoms with Crippen LogP contribution in [0.2, 0.25) is 0 Å². The van der Waals surface area contributed by atoms with Crippen molar-refractivity contribution in [1.29, 1.82) is 0 Å². The van der Waals surface area contributed by atoms with Crippen molar-refractivity contribution in [1.82, 2.24) is 15.3 Å². The number of nitrogens with one attached hydrogen (secondary N) is 1. The van der Waals surface area contributed by atoms with Crippen LogP contribution in [0.4, 0.5) is 0 Å². The van der Waals surface area contributed by atoms with Crippen molar-refractivity contribution < 1.29 is 9.47 Å². The Balaban J connectivity index is 2.66. The van der Waals surface area contributed by atoms with Gasteiger partial charge in [-0.1, -0.05) is 6.92 Å². The minimum Gasteiger partial charge on any atom is -0.481 e. The second-order valence-electron chi connectivity index (χ2n) is 4.13. The van der Waals surface area contributed by atoms with Crippen molar-refractivity contribution in [3.05, 3.63) is 18.1 Å². The van der Waals surface area contributed by atoms with E-state index >= 15 is 0 Å². The molecule has 1 aromatic rings. The molecule has 5 nitrogen and oxygen atoms in total. The monoisotopic (exact) mass is 253 g/mol. The zero-order valence-electron chi connectivity index (χ0n) is 11.5. The van der Waals surface area contributed by atoms with Gasteiger partial charge in [0.2, 0.25) is 5.88 Å². The van der Waals surface area contributed by atoms with Gasteiger partial charge in [0.25, 0.3) is 0 Å². The molecule has 0 spiro atoms. The van der Waals surface area contributed by atoms with E-state index in [4.69, 9.17) is 9.47 Å². The van der Waals surface area contributed by atoms with Gasteiger partial charge in [-0.3, -0.25) is 0 Å². The molecule has 18 heavy (non-hydrogen) atoms. The minimum absolute atomic E-state index is 0.233. The van der Waals surface area contributed by atoms with Crippen molar-refractivity contribution in [3.8, 4) is 5.88 Å². The Morgan fingerprint density at radius 2 is 2.17 bits per heavy atom. The molecule has 1 heterocycles. The van der Waals surface area contributed by atoms with Crippen LogP contribution in [0, 0.1) is 0 Å². The lowest BCUT2D eigenvalue weighted by molar-refractivity contribution is 0.188. The molecule has 1 unspecified atom stereocenters. The van der Waals surface area contributed by atoms with Crippen molar-refractivity contribution in [2.24, 2.45) is 0 Å². The summed E-state index contributed by atoms with van der Waals surface area (Å²) in [5, 5.41) is 3.49. The number of hydrogen-bond acceptors (Lipinski definition) is 5. The summed E-state index contributed by atoms with van der Waals surface area (Å²) in [5.74, 6) is 0.607. The van der Waals surface area contributed by atoms with Gasteiger partial charge in [-0.15, -0.1) is 0 Å². The van der Waals surface area contributed by atoms with Crippen molar-refractivity contribution in [2.75, 3.05) is 27.4 Å². The second kappa shape index (κ2) is 8.83. The molecular formula is C13H23N3O2. The van der Waals surface area contributed by atoms with Crippen LogP contribution in [0.3, 0.4) is 0 Å². The highest BCUT2D eigenvalue weighted by Crippen LogP contribution is 2.19. The number of nitrogens with zero attached hydrogens (tertiary/aromatic N) is 2. The Hall–Kier alpha value is -1.20. The van der Waals surface area contributed by atoms with Crippen molar-refractivity contribution in [2.45, 2.75) is 32.2 Å². The molecular weight excluding hydrogens is 230 g/mol. The van der Waals surface area contributed by atoms with Crippen LogP contribution in [0.25, 0.3) is 0 Å². The highest BCUT2D eigenvalue weighted by molar-refractivity contribution is 5.16. The number of rotatable bonds is 9. The highest BCUT2D eigenvalue weighted by atomic mass is 16.5. The van der Waals surface area contributed by atoms with E-state index in [9.17, 15) is 0 Å². The van der Waals surface area contributed by atoms with Gasteiger partial charge in [-0.2, -0.15) is 0 Å². The smallest absolute Gasteiger partial charge is 0.216 e. The maximum Gasteiger partial charge on any atom is 0.216 e. The molecule has 102 valence electrons. The molecule has 0 saturated carbocycles. The first-order valence-electron chi connectivity index (χ1n) is 6.40. The predicted octanol–water partition coefficient (Wildman–Crippen LogP) is 1.95. The Morgan fingerprint density at radius 1 is 1.33 bits per heavy atom. The fourth-order valence-corrected chi connectivity index (χ4v) is 1.76. The van der Waals surface area contributed by atoms with Crippen LogP contribution in [-0.4, -0.2) is 37.3 Å². The van der Waals surface area contributed by atoms with E-state index in [1.54, 1.807) is 20.5 Å². The maximum atomic E-state index is 5.13. The lowest BCUT2D eigenvalue weighted by Crippen LogP contribution is -2.23. The molecule has 0 amide bonds. The summed E-state index contributed by atoms with van der Waals surface area (Å²) in [6.45, 7) is 3.90. The van der Waals surface area contributed by atoms with Crippen molar-refractivity contribution >= 4 is 0 Å². The van der Waals surface area contributed by atoms with Gasteiger partial charge in [-0.25, -0.2) is 9.97 Å². The Labute approximate surface area is 109 Å². The largest absolute Gasteiger partial charge is 0.481 e. The van der Waals surface area contributed by atoms with Crippen LogP contribution < -0.4 is 10.1 Å². The van der Waals surface area contributed by atoms with Crippen LogP contribution in [-0.2, 0) is 4.74 Å². The first kappa shape index (κ1) is 14.9. The van der Waals surface area contributed by atoms with Gasteiger partial charge in [0.1, 0.15) is 6.33 Å². The third-order valence-corrected chi connectivity index (χ3v) is 2.71. The van der Waals surface area contributed by atoms with E-state index in [0.29, 0.717) is 5.88 Å². The Morgan fingerprint density at radius 3 is 2.83 bits per heavy atom. The third-order valence-electron chi connectivity index (χ3n) is 2.71. The molecule has 0 aliphatic heterocycles. The van der Waals surface area contributed by atoms with Gasteiger partial charge in [0, 0.05) is 25.8 Å². The number of hydrogen-bond donors (Lipinski definition) is 1. The molecule has 1 atom stereocenters. The number of ether oxygens (including phenoxy) is 2. The van der Waals surface area contributed by atoms with Gasteiger partial charge in [0.15, 0.2) is 0 Å². The molecule has 0 saturated heterocycles. The third kappa shape index (κ3) is 4.98. The van der Waals surface area contributed by atoms with E-state index in [1.165, 1.54) is 0 Å². The summed E-state index contributed by atoms with van der Waals surface area (Å²) in [7, 11) is 3.34. The zero-order chi connectivity index (χ0) is 13.2. The number of methoxy groups -OCH3 is 2. The molecule has 0 aliphatic carbocycles. The van der Waals surface area contributed by atoms with Crippen LogP contribution in [0.1, 0.15) is 37.9 Å². The maximum absolute atomic E-state index is 5.13. The summed E-state index contributed by atoms with van der Waals surface area (Å²) >= 11 is 0. The zero-order valence-corrected chi connectivity index (χ0v) is 11.5. The second-order valence-corrected chi connectivity index (χ2v) is 4.13. The van der Waals surface area contributed by atoms with Crippen LogP contribution in [0.5, 0.6) is 5.88 Å². The lowest BCUT2D eigenvalue weighted by atomic mass is 10.1. The Kier molecular flexibility index (Phi) is 7.29. The molecule has 0 fully saturated rings. The molecule has 0 radical (unpaired) electrons. The SMILES string of the molecule is CCCNC(CCCOC)c1cc(OC)ncn1. The standard InChI is InChI=1S/C13H23N3O2/c1-4-7-14-11(6-5-8-17-2)12-9-13(18-3)16-10-15-12/h9-11,14H,4-8H2,1-3H3. The van der Waals surface area contributed by atoms with E-state index in [2.05, 4.69) is 22.2 Å². The summed E-state index contributed by atoms with van der Waals surface area (Å²) in [5.41, 5.74) is 0.978.